The van der Waals surface area contributed by atoms with Crippen molar-refractivity contribution in [3.63, 3.8) is 0 Å². The predicted octanol–water partition coefficient (Wildman–Crippen LogP) is 9.73. The van der Waals surface area contributed by atoms with Gasteiger partial charge in [-0.15, -0.1) is 0 Å². The van der Waals surface area contributed by atoms with Crippen LogP contribution in [0.3, 0.4) is 0 Å². The highest BCUT2D eigenvalue weighted by molar-refractivity contribution is 6.21. The average Bonchev–Trinajstić information content (AvgIpc) is 3.43. The maximum absolute atomic E-state index is 5.26. The minimum absolute atomic E-state index is 0.947. The molecule has 8 rings (SSSR count). The van der Waals surface area contributed by atoms with E-state index in [1.165, 1.54) is 32.7 Å². The summed E-state index contributed by atoms with van der Waals surface area (Å²) in [5.74, 6) is 0.947. The third-order valence-electron chi connectivity index (χ3n) is 7.90. The summed E-state index contributed by atoms with van der Waals surface area (Å²) in [6.07, 6.45) is 3.72. The molecule has 0 spiro atoms. The highest BCUT2D eigenvalue weighted by atomic mass is 15.1. The van der Waals surface area contributed by atoms with E-state index in [1.807, 2.05) is 18.5 Å². The number of benzene rings is 6. The molecule has 41 heavy (non-hydrogen) atoms. The summed E-state index contributed by atoms with van der Waals surface area (Å²) in [6, 6.07) is 49.3. The molecule has 0 amide bonds. The number of para-hydroxylation sites is 3. The van der Waals surface area contributed by atoms with Crippen LogP contribution in [0.15, 0.2) is 152 Å². The van der Waals surface area contributed by atoms with Crippen LogP contribution in [0.1, 0.15) is 0 Å². The summed E-state index contributed by atoms with van der Waals surface area (Å²) in [5.41, 5.74) is 9.01. The minimum atomic E-state index is 0.947. The lowest BCUT2D eigenvalue weighted by molar-refractivity contribution is 1.11. The molecule has 0 aliphatic rings. The Hall–Kier alpha value is -5.54. The largest absolute Gasteiger partial charge is 0.292 e. The van der Waals surface area contributed by atoms with E-state index in [2.05, 4.69) is 143 Å². The van der Waals surface area contributed by atoms with Gasteiger partial charge in [-0.1, -0.05) is 109 Å². The highest BCUT2D eigenvalue weighted by Gasteiger charge is 2.21. The molecule has 0 aliphatic carbocycles. The van der Waals surface area contributed by atoms with Crippen molar-refractivity contribution in [1.29, 1.82) is 0 Å². The van der Waals surface area contributed by atoms with Gasteiger partial charge in [0.15, 0.2) is 0 Å². The van der Waals surface area contributed by atoms with Crippen molar-refractivity contribution in [2.24, 2.45) is 0 Å². The SMILES string of the molecule is c1ccc(-n2c(-c3c4ccccc4c(-c4ccc(-c5cccnc5)cc4)c4ccccc34)nc3ccccc32)cc1. The van der Waals surface area contributed by atoms with Gasteiger partial charge in [-0.05, 0) is 74.1 Å². The smallest absolute Gasteiger partial charge is 0.146 e. The lowest BCUT2D eigenvalue weighted by Gasteiger charge is -2.18. The van der Waals surface area contributed by atoms with Crippen molar-refractivity contribution in [2.45, 2.75) is 0 Å². The fourth-order valence-corrected chi connectivity index (χ4v) is 6.08. The number of hydrogen-bond acceptors (Lipinski definition) is 2. The molecule has 0 saturated carbocycles. The Morgan fingerprint density at radius 2 is 1.02 bits per heavy atom. The number of rotatable bonds is 4. The molecule has 0 bridgehead atoms. The first-order valence-electron chi connectivity index (χ1n) is 13.8. The molecule has 8 aromatic rings. The Balaban J connectivity index is 1.44. The van der Waals surface area contributed by atoms with Crippen LogP contribution in [0.5, 0.6) is 0 Å². The first-order valence-corrected chi connectivity index (χ1v) is 13.8. The molecule has 192 valence electrons. The van der Waals surface area contributed by atoms with Crippen LogP contribution in [0, 0.1) is 0 Å². The van der Waals surface area contributed by atoms with Crippen LogP contribution in [0.4, 0.5) is 0 Å². The summed E-state index contributed by atoms with van der Waals surface area (Å²) in [6.45, 7) is 0. The molecule has 0 saturated heterocycles. The Morgan fingerprint density at radius 1 is 0.439 bits per heavy atom. The van der Waals surface area contributed by atoms with E-state index in [9.17, 15) is 0 Å². The fraction of sp³-hybridized carbons (Fsp3) is 0. The van der Waals surface area contributed by atoms with Crippen LogP contribution in [-0.2, 0) is 0 Å². The van der Waals surface area contributed by atoms with Crippen molar-refractivity contribution in [3.05, 3.63) is 152 Å². The number of hydrogen-bond donors (Lipinski definition) is 0. The second kappa shape index (κ2) is 9.58. The van der Waals surface area contributed by atoms with Crippen molar-refractivity contribution in [2.75, 3.05) is 0 Å². The summed E-state index contributed by atoms with van der Waals surface area (Å²) in [5, 5.41) is 4.79. The lowest BCUT2D eigenvalue weighted by Crippen LogP contribution is -1.99. The second-order valence-electron chi connectivity index (χ2n) is 10.3. The molecule has 3 nitrogen and oxygen atoms in total. The third-order valence-corrected chi connectivity index (χ3v) is 7.90. The molecule has 3 heteroatoms. The van der Waals surface area contributed by atoms with Gasteiger partial charge in [0.05, 0.1) is 11.0 Å². The Kier molecular flexibility index (Phi) is 5.46. The molecule has 6 aromatic carbocycles. The quantitative estimate of drug-likeness (QED) is 0.215. The van der Waals surface area contributed by atoms with Gasteiger partial charge in [0.1, 0.15) is 5.82 Å². The zero-order chi connectivity index (χ0) is 27.2. The summed E-state index contributed by atoms with van der Waals surface area (Å²) in [4.78, 5) is 9.56. The molecule has 0 unspecified atom stereocenters. The molecule has 0 fully saturated rings. The van der Waals surface area contributed by atoms with Gasteiger partial charge in [0.2, 0.25) is 0 Å². The molecular formula is C38H25N3. The average molecular weight is 524 g/mol. The predicted molar refractivity (Wildman–Crippen MR) is 170 cm³/mol. The van der Waals surface area contributed by atoms with Crippen LogP contribution >= 0.6 is 0 Å². The van der Waals surface area contributed by atoms with Crippen molar-refractivity contribution >= 4 is 32.6 Å². The van der Waals surface area contributed by atoms with Gasteiger partial charge >= 0.3 is 0 Å². The van der Waals surface area contributed by atoms with E-state index in [-0.39, 0.29) is 0 Å². The Morgan fingerprint density at radius 3 is 1.68 bits per heavy atom. The Bertz CT molecular complexity index is 2120. The Labute approximate surface area is 238 Å². The lowest BCUT2D eigenvalue weighted by atomic mass is 9.87. The maximum Gasteiger partial charge on any atom is 0.146 e. The molecule has 0 radical (unpaired) electrons. The summed E-state index contributed by atoms with van der Waals surface area (Å²) < 4.78 is 2.30. The van der Waals surface area contributed by atoms with Crippen LogP contribution in [-0.4, -0.2) is 14.5 Å². The monoisotopic (exact) mass is 523 g/mol. The van der Waals surface area contributed by atoms with Gasteiger partial charge in [0, 0.05) is 23.6 Å². The molecule has 2 heterocycles. The summed E-state index contributed by atoms with van der Waals surface area (Å²) >= 11 is 0. The maximum atomic E-state index is 5.26. The van der Waals surface area contributed by atoms with Gasteiger partial charge in [-0.3, -0.25) is 9.55 Å². The molecule has 0 aliphatic heterocycles. The van der Waals surface area contributed by atoms with E-state index in [0.29, 0.717) is 0 Å². The number of aromatic nitrogens is 3. The first-order chi connectivity index (χ1) is 20.4. The first kappa shape index (κ1) is 23.4. The highest BCUT2D eigenvalue weighted by Crippen LogP contribution is 2.44. The van der Waals surface area contributed by atoms with E-state index < -0.39 is 0 Å². The number of imidazole rings is 1. The van der Waals surface area contributed by atoms with E-state index >= 15 is 0 Å². The van der Waals surface area contributed by atoms with Crippen molar-refractivity contribution < 1.29 is 0 Å². The number of pyridine rings is 1. The number of nitrogens with zero attached hydrogens (tertiary/aromatic N) is 3. The zero-order valence-electron chi connectivity index (χ0n) is 22.3. The number of fused-ring (bicyclic) bond motifs is 3. The van der Waals surface area contributed by atoms with Gasteiger partial charge in [0.25, 0.3) is 0 Å². The zero-order valence-corrected chi connectivity index (χ0v) is 22.3. The van der Waals surface area contributed by atoms with Crippen LogP contribution in [0.2, 0.25) is 0 Å². The normalized spacial score (nSPS) is 11.4. The standard InChI is InChI=1S/C38H25N3/c1-2-12-29(13-3-1)41-35-19-9-8-18-34(35)40-38(41)37-32-16-6-4-14-30(32)36(31-15-5-7-17-33(31)37)27-22-20-26(21-23-27)28-11-10-24-39-25-28/h1-25H. The molecule has 0 N–H and O–H groups in total. The van der Waals surface area contributed by atoms with Gasteiger partial charge in [-0.2, -0.15) is 0 Å². The molecular weight excluding hydrogens is 498 g/mol. The second-order valence-corrected chi connectivity index (χ2v) is 10.3. The molecule has 0 atom stereocenters. The third kappa shape index (κ3) is 3.82. The molecule has 2 aromatic heterocycles. The van der Waals surface area contributed by atoms with Gasteiger partial charge < -0.3 is 0 Å². The van der Waals surface area contributed by atoms with Crippen LogP contribution < -0.4 is 0 Å². The minimum Gasteiger partial charge on any atom is -0.292 e. The summed E-state index contributed by atoms with van der Waals surface area (Å²) in [7, 11) is 0. The van der Waals surface area contributed by atoms with E-state index in [4.69, 9.17) is 4.98 Å². The topological polar surface area (TPSA) is 30.7 Å². The van der Waals surface area contributed by atoms with Gasteiger partial charge in [-0.25, -0.2) is 4.98 Å². The van der Waals surface area contributed by atoms with Crippen LogP contribution in [0.25, 0.3) is 71.9 Å². The van der Waals surface area contributed by atoms with E-state index in [1.54, 1.807) is 0 Å². The van der Waals surface area contributed by atoms with Crippen molar-refractivity contribution in [1.82, 2.24) is 14.5 Å². The van der Waals surface area contributed by atoms with Crippen molar-refractivity contribution in [3.8, 4) is 39.3 Å². The fourth-order valence-electron chi connectivity index (χ4n) is 6.08. The van der Waals surface area contributed by atoms with E-state index in [0.717, 1.165) is 39.2 Å².